The monoisotopic (exact) mass is 369 g/mol. The van der Waals surface area contributed by atoms with Crippen LogP contribution in [0.3, 0.4) is 0 Å². The van der Waals surface area contributed by atoms with Crippen LogP contribution in [0.25, 0.3) is 0 Å². The number of carbonyl (C=O) groups excluding carboxylic acids is 1. The number of aryl methyl sites for hydroxylation is 1. The van der Waals surface area contributed by atoms with E-state index in [-0.39, 0.29) is 11.6 Å². The average molecular weight is 369 g/mol. The molecular weight excluding hydrogens is 342 g/mol. The molecule has 2 heterocycles. The number of rotatable bonds is 4. The van der Waals surface area contributed by atoms with E-state index in [4.69, 9.17) is 0 Å². The van der Waals surface area contributed by atoms with E-state index in [1.54, 1.807) is 24.2 Å². The number of amides is 2. The lowest BCUT2D eigenvalue weighted by Crippen LogP contribution is -2.50. The van der Waals surface area contributed by atoms with Gasteiger partial charge in [-0.05, 0) is 30.0 Å². The molecule has 0 spiro atoms. The summed E-state index contributed by atoms with van der Waals surface area (Å²) in [5.41, 5.74) is 2.77. The molecule has 0 aliphatic carbocycles. The molecule has 1 aliphatic rings. The fraction of sp³-hybridized carbons (Fsp3) is 0.450. The first kappa shape index (κ1) is 18.9. The van der Waals surface area contributed by atoms with Gasteiger partial charge >= 0.3 is 6.03 Å². The minimum atomic E-state index is -0.131. The highest BCUT2D eigenvalue weighted by Crippen LogP contribution is 2.21. The first-order valence-electron chi connectivity index (χ1n) is 9.42. The standard InChI is InChI=1S/C20H27N5O2/c1-4-15(2)16-5-7-17(8-6-16)22-20(27)25-11-9-24(10-12-25)18-13-19(26)23(3)21-14-18/h5-8,13-15H,4,9-12H2,1-3H3,(H,22,27)/t15-/m1/s1. The van der Waals surface area contributed by atoms with Crippen LogP contribution in [0.2, 0.25) is 0 Å². The summed E-state index contributed by atoms with van der Waals surface area (Å²) in [6.45, 7) is 6.93. The number of hydrogen-bond donors (Lipinski definition) is 1. The maximum atomic E-state index is 12.5. The van der Waals surface area contributed by atoms with Crippen molar-refractivity contribution in [1.29, 1.82) is 0 Å². The number of piperazine rings is 1. The third kappa shape index (κ3) is 4.48. The lowest BCUT2D eigenvalue weighted by molar-refractivity contribution is 0.208. The number of carbonyl (C=O) groups is 1. The van der Waals surface area contributed by atoms with Crippen molar-refractivity contribution in [1.82, 2.24) is 14.7 Å². The van der Waals surface area contributed by atoms with Gasteiger partial charge in [-0.1, -0.05) is 26.0 Å². The Morgan fingerprint density at radius 3 is 2.44 bits per heavy atom. The minimum Gasteiger partial charge on any atom is -0.367 e. The van der Waals surface area contributed by atoms with Crippen molar-refractivity contribution in [3.63, 3.8) is 0 Å². The van der Waals surface area contributed by atoms with Gasteiger partial charge in [0.25, 0.3) is 5.56 Å². The van der Waals surface area contributed by atoms with Crippen LogP contribution in [0.5, 0.6) is 0 Å². The maximum Gasteiger partial charge on any atom is 0.321 e. The molecule has 1 aliphatic heterocycles. The zero-order valence-electron chi connectivity index (χ0n) is 16.2. The van der Waals surface area contributed by atoms with Gasteiger partial charge in [0, 0.05) is 45.0 Å². The van der Waals surface area contributed by atoms with Gasteiger partial charge in [-0.3, -0.25) is 4.79 Å². The molecule has 27 heavy (non-hydrogen) atoms. The van der Waals surface area contributed by atoms with Crippen molar-refractivity contribution in [3.8, 4) is 0 Å². The van der Waals surface area contributed by atoms with Crippen molar-refractivity contribution in [2.45, 2.75) is 26.2 Å². The van der Waals surface area contributed by atoms with Crippen molar-refractivity contribution < 1.29 is 4.79 Å². The third-order valence-electron chi connectivity index (χ3n) is 5.23. The van der Waals surface area contributed by atoms with Crippen molar-refractivity contribution >= 4 is 17.4 Å². The summed E-state index contributed by atoms with van der Waals surface area (Å²) in [4.78, 5) is 28.1. The molecule has 1 atom stereocenters. The highest BCUT2D eigenvalue weighted by Gasteiger charge is 2.22. The zero-order chi connectivity index (χ0) is 19.4. The second kappa shape index (κ2) is 8.24. The minimum absolute atomic E-state index is 0.0898. The van der Waals surface area contributed by atoms with E-state index in [1.165, 1.54) is 10.2 Å². The van der Waals surface area contributed by atoms with Gasteiger partial charge in [-0.15, -0.1) is 0 Å². The predicted octanol–water partition coefficient (Wildman–Crippen LogP) is 2.65. The highest BCUT2D eigenvalue weighted by atomic mass is 16.2. The van der Waals surface area contributed by atoms with Crippen LogP contribution < -0.4 is 15.8 Å². The van der Waals surface area contributed by atoms with Gasteiger partial charge < -0.3 is 15.1 Å². The Morgan fingerprint density at radius 1 is 1.19 bits per heavy atom. The summed E-state index contributed by atoms with van der Waals surface area (Å²) >= 11 is 0. The largest absolute Gasteiger partial charge is 0.367 e. The number of hydrogen-bond acceptors (Lipinski definition) is 4. The van der Waals surface area contributed by atoms with Crippen LogP contribution in [0.4, 0.5) is 16.2 Å². The van der Waals surface area contributed by atoms with Crippen LogP contribution >= 0.6 is 0 Å². The van der Waals surface area contributed by atoms with Crippen LogP contribution in [-0.4, -0.2) is 46.9 Å². The Morgan fingerprint density at radius 2 is 1.85 bits per heavy atom. The normalized spacial score (nSPS) is 15.5. The third-order valence-corrected chi connectivity index (χ3v) is 5.23. The Labute approximate surface area is 159 Å². The molecule has 1 aromatic carbocycles. The summed E-state index contributed by atoms with van der Waals surface area (Å²) < 4.78 is 1.31. The number of nitrogens with one attached hydrogen (secondary N) is 1. The zero-order valence-corrected chi connectivity index (χ0v) is 16.2. The molecule has 0 saturated carbocycles. The second-order valence-electron chi connectivity index (χ2n) is 7.01. The van der Waals surface area contributed by atoms with Gasteiger partial charge in [-0.2, -0.15) is 5.10 Å². The number of urea groups is 1. The van der Waals surface area contributed by atoms with Gasteiger partial charge in [0.15, 0.2) is 0 Å². The molecule has 2 aromatic rings. The molecular formula is C20H27N5O2. The van der Waals surface area contributed by atoms with E-state index < -0.39 is 0 Å². The molecule has 0 unspecified atom stereocenters. The molecule has 2 amide bonds. The Hall–Kier alpha value is -2.83. The SMILES string of the molecule is CC[C@@H](C)c1ccc(NC(=O)N2CCN(c3cnn(C)c(=O)c3)CC2)cc1. The molecule has 1 fully saturated rings. The molecule has 1 saturated heterocycles. The topological polar surface area (TPSA) is 70.5 Å². The van der Waals surface area contributed by atoms with Crippen LogP contribution in [-0.2, 0) is 7.05 Å². The Bertz CT molecular complexity index is 838. The van der Waals surface area contributed by atoms with E-state index in [0.717, 1.165) is 17.8 Å². The summed E-state index contributed by atoms with van der Waals surface area (Å²) in [6, 6.07) is 9.56. The van der Waals surface area contributed by atoms with Crippen LogP contribution in [0, 0.1) is 0 Å². The van der Waals surface area contributed by atoms with Gasteiger partial charge in [0.05, 0.1) is 11.9 Å². The highest BCUT2D eigenvalue weighted by molar-refractivity contribution is 5.89. The molecule has 1 N–H and O–H groups in total. The molecule has 144 valence electrons. The average Bonchev–Trinajstić information content (AvgIpc) is 2.70. The van der Waals surface area contributed by atoms with E-state index >= 15 is 0 Å². The molecule has 0 bridgehead atoms. The maximum absolute atomic E-state index is 12.5. The smallest absolute Gasteiger partial charge is 0.321 e. The van der Waals surface area contributed by atoms with E-state index in [1.807, 2.05) is 12.1 Å². The Kier molecular flexibility index (Phi) is 5.78. The number of nitrogens with zero attached hydrogens (tertiary/aromatic N) is 4. The first-order chi connectivity index (χ1) is 13.0. The summed E-state index contributed by atoms with van der Waals surface area (Å²) in [5.74, 6) is 0.520. The number of anilines is 2. The van der Waals surface area contributed by atoms with Crippen molar-refractivity contribution in [2.75, 3.05) is 36.4 Å². The fourth-order valence-corrected chi connectivity index (χ4v) is 3.13. The lowest BCUT2D eigenvalue weighted by Gasteiger charge is -2.35. The summed E-state index contributed by atoms with van der Waals surface area (Å²) in [7, 11) is 1.63. The Balaban J connectivity index is 1.55. The molecule has 7 nitrogen and oxygen atoms in total. The van der Waals surface area contributed by atoms with Crippen LogP contribution in [0.15, 0.2) is 41.3 Å². The first-order valence-corrected chi connectivity index (χ1v) is 9.42. The van der Waals surface area contributed by atoms with Crippen molar-refractivity contribution in [2.24, 2.45) is 7.05 Å². The van der Waals surface area contributed by atoms with Gasteiger partial charge in [0.1, 0.15) is 0 Å². The second-order valence-corrected chi connectivity index (χ2v) is 7.01. The summed E-state index contributed by atoms with van der Waals surface area (Å²) in [6.07, 6.45) is 2.79. The summed E-state index contributed by atoms with van der Waals surface area (Å²) in [5, 5.41) is 7.03. The fourth-order valence-electron chi connectivity index (χ4n) is 3.13. The molecule has 0 radical (unpaired) electrons. The lowest BCUT2D eigenvalue weighted by atomic mass is 9.99. The van der Waals surface area contributed by atoms with E-state index in [2.05, 4.69) is 41.3 Å². The van der Waals surface area contributed by atoms with E-state index in [9.17, 15) is 9.59 Å². The quantitative estimate of drug-likeness (QED) is 0.899. The number of aromatic nitrogens is 2. The van der Waals surface area contributed by atoms with Crippen LogP contribution in [0.1, 0.15) is 31.7 Å². The molecule has 1 aromatic heterocycles. The number of benzene rings is 1. The van der Waals surface area contributed by atoms with E-state index in [0.29, 0.717) is 32.1 Å². The van der Waals surface area contributed by atoms with Crippen molar-refractivity contribution in [3.05, 3.63) is 52.4 Å². The predicted molar refractivity (Wildman–Crippen MR) is 107 cm³/mol. The molecule has 7 heteroatoms. The van der Waals surface area contributed by atoms with Gasteiger partial charge in [0.2, 0.25) is 0 Å². The van der Waals surface area contributed by atoms with Gasteiger partial charge in [-0.25, -0.2) is 9.48 Å². The molecule has 3 rings (SSSR count).